The highest BCUT2D eigenvalue weighted by Crippen LogP contribution is 2.28. The molecule has 1 saturated heterocycles. The number of nitrogens with zero attached hydrogens (tertiary/aromatic N) is 4. The number of ether oxygens (including phenoxy) is 1. The van der Waals surface area contributed by atoms with Crippen molar-refractivity contribution in [3.05, 3.63) is 46.7 Å². The van der Waals surface area contributed by atoms with Crippen molar-refractivity contribution in [3.63, 3.8) is 0 Å². The molecule has 0 bridgehead atoms. The second-order valence-electron chi connectivity index (χ2n) is 5.97. The van der Waals surface area contributed by atoms with Crippen molar-refractivity contribution >= 4 is 27.6 Å². The third kappa shape index (κ3) is 3.22. The molecule has 0 saturated carbocycles. The van der Waals surface area contributed by atoms with Crippen LogP contribution in [0.25, 0.3) is 0 Å². The Morgan fingerprint density at radius 3 is 2.52 bits per heavy atom. The second kappa shape index (κ2) is 6.53. The lowest BCUT2D eigenvalue weighted by molar-refractivity contribution is 0.122. The van der Waals surface area contributed by atoms with E-state index in [0.29, 0.717) is 24.2 Å². The van der Waals surface area contributed by atoms with Gasteiger partial charge in [-0.15, -0.1) is 0 Å². The third-order valence-electron chi connectivity index (χ3n) is 4.36. The molecule has 25 heavy (non-hydrogen) atoms. The molecule has 1 fully saturated rings. The van der Waals surface area contributed by atoms with Gasteiger partial charge in [0.2, 0.25) is 16.0 Å². The maximum atomic E-state index is 12.8. The lowest BCUT2D eigenvalue weighted by Crippen LogP contribution is -2.37. The molecule has 1 aromatic carbocycles. The molecule has 0 aliphatic carbocycles. The van der Waals surface area contributed by atoms with Gasteiger partial charge >= 0.3 is 0 Å². The minimum absolute atomic E-state index is 0.228. The number of rotatable bonds is 3. The number of benzene rings is 1. The number of hydrogen-bond acceptors (Lipinski definition) is 6. The monoisotopic (exact) mass is 380 g/mol. The molecule has 2 aliphatic rings. The van der Waals surface area contributed by atoms with Gasteiger partial charge in [0.1, 0.15) is 0 Å². The lowest BCUT2D eigenvalue weighted by atomic mass is 10.3. The zero-order valence-corrected chi connectivity index (χ0v) is 15.0. The van der Waals surface area contributed by atoms with Crippen molar-refractivity contribution < 1.29 is 13.2 Å². The predicted octanol–water partition coefficient (Wildman–Crippen LogP) is 1.67. The molecule has 2 aromatic rings. The van der Waals surface area contributed by atoms with E-state index in [2.05, 4.69) is 14.9 Å². The van der Waals surface area contributed by atoms with Crippen LogP contribution in [-0.2, 0) is 27.8 Å². The van der Waals surface area contributed by atoms with Crippen molar-refractivity contribution in [2.75, 3.05) is 31.2 Å². The van der Waals surface area contributed by atoms with Gasteiger partial charge in [-0.05, 0) is 24.3 Å². The summed E-state index contributed by atoms with van der Waals surface area (Å²) in [6.07, 6.45) is 1.73. The van der Waals surface area contributed by atoms with Gasteiger partial charge in [-0.3, -0.25) is 0 Å². The molecule has 7 nitrogen and oxygen atoms in total. The highest BCUT2D eigenvalue weighted by molar-refractivity contribution is 7.89. The van der Waals surface area contributed by atoms with Crippen LogP contribution < -0.4 is 4.90 Å². The average molecular weight is 381 g/mol. The van der Waals surface area contributed by atoms with Crippen molar-refractivity contribution in [2.45, 2.75) is 18.0 Å². The van der Waals surface area contributed by atoms with Crippen LogP contribution in [0, 0.1) is 0 Å². The Morgan fingerprint density at radius 2 is 1.80 bits per heavy atom. The van der Waals surface area contributed by atoms with Crippen LogP contribution in [0.3, 0.4) is 0 Å². The maximum Gasteiger partial charge on any atom is 0.243 e. The molecule has 3 heterocycles. The fourth-order valence-electron chi connectivity index (χ4n) is 2.95. The molecule has 0 radical (unpaired) electrons. The highest BCUT2D eigenvalue weighted by Gasteiger charge is 2.32. The zero-order valence-electron chi connectivity index (χ0n) is 13.4. The Kier molecular flexibility index (Phi) is 4.36. The van der Waals surface area contributed by atoms with Crippen LogP contribution in [0.15, 0.2) is 35.4 Å². The molecular weight excluding hydrogens is 364 g/mol. The molecule has 0 amide bonds. The summed E-state index contributed by atoms with van der Waals surface area (Å²) in [5.74, 6) is 0.632. The quantitative estimate of drug-likeness (QED) is 0.806. The summed E-state index contributed by atoms with van der Waals surface area (Å²) in [4.78, 5) is 11.3. The molecule has 0 unspecified atom stereocenters. The van der Waals surface area contributed by atoms with Gasteiger partial charge in [-0.1, -0.05) is 11.6 Å². The van der Waals surface area contributed by atoms with Crippen LogP contribution in [-0.4, -0.2) is 49.0 Å². The minimum Gasteiger partial charge on any atom is -0.378 e. The number of morpholine rings is 1. The van der Waals surface area contributed by atoms with E-state index in [4.69, 9.17) is 16.3 Å². The van der Waals surface area contributed by atoms with Crippen LogP contribution in [0.5, 0.6) is 0 Å². The third-order valence-corrected chi connectivity index (χ3v) is 6.42. The van der Waals surface area contributed by atoms with Gasteiger partial charge in [0.05, 0.1) is 30.3 Å². The number of hydrogen-bond donors (Lipinski definition) is 0. The van der Waals surface area contributed by atoms with Gasteiger partial charge in [0, 0.05) is 36.4 Å². The smallest absolute Gasteiger partial charge is 0.243 e. The van der Waals surface area contributed by atoms with Crippen LogP contribution in [0.4, 0.5) is 5.95 Å². The van der Waals surface area contributed by atoms with E-state index in [9.17, 15) is 8.42 Å². The van der Waals surface area contributed by atoms with Gasteiger partial charge in [0.15, 0.2) is 0 Å². The van der Waals surface area contributed by atoms with Gasteiger partial charge < -0.3 is 9.64 Å². The summed E-state index contributed by atoms with van der Waals surface area (Å²) >= 11 is 5.85. The standard InChI is InChI=1S/C16H17ClN4O3S/c17-13-1-3-14(4-2-13)25(22,23)21-10-12-9-18-16(19-15(12)11-21)20-5-7-24-8-6-20/h1-4,9H,5-8,10-11H2. The van der Waals surface area contributed by atoms with E-state index < -0.39 is 10.0 Å². The molecule has 0 N–H and O–H groups in total. The van der Waals surface area contributed by atoms with Gasteiger partial charge in [-0.25, -0.2) is 18.4 Å². The van der Waals surface area contributed by atoms with E-state index in [1.165, 1.54) is 16.4 Å². The van der Waals surface area contributed by atoms with E-state index in [1.54, 1.807) is 18.3 Å². The highest BCUT2D eigenvalue weighted by atomic mass is 35.5. The summed E-state index contributed by atoms with van der Waals surface area (Å²) in [5.41, 5.74) is 1.60. The average Bonchev–Trinajstić information content (AvgIpc) is 3.07. The van der Waals surface area contributed by atoms with E-state index in [-0.39, 0.29) is 18.0 Å². The fourth-order valence-corrected chi connectivity index (χ4v) is 4.46. The molecule has 132 valence electrons. The number of halogens is 1. The minimum atomic E-state index is -3.59. The predicted molar refractivity (Wildman–Crippen MR) is 92.9 cm³/mol. The van der Waals surface area contributed by atoms with E-state index in [1.807, 2.05) is 0 Å². The first-order chi connectivity index (χ1) is 12.0. The number of sulfonamides is 1. The summed E-state index contributed by atoms with van der Waals surface area (Å²) in [5, 5.41) is 0.504. The molecule has 9 heteroatoms. The first-order valence-electron chi connectivity index (χ1n) is 7.97. The van der Waals surface area contributed by atoms with Crippen molar-refractivity contribution in [1.82, 2.24) is 14.3 Å². The van der Waals surface area contributed by atoms with Crippen LogP contribution >= 0.6 is 11.6 Å². The van der Waals surface area contributed by atoms with Crippen LogP contribution in [0.1, 0.15) is 11.3 Å². The first kappa shape index (κ1) is 16.7. The lowest BCUT2D eigenvalue weighted by Gasteiger charge is -2.26. The van der Waals surface area contributed by atoms with E-state index >= 15 is 0 Å². The number of fused-ring (bicyclic) bond motifs is 1. The van der Waals surface area contributed by atoms with Crippen LogP contribution in [0.2, 0.25) is 5.02 Å². The normalized spacial score (nSPS) is 18.4. The van der Waals surface area contributed by atoms with Crippen molar-refractivity contribution in [1.29, 1.82) is 0 Å². The molecule has 0 atom stereocenters. The Hall–Kier alpha value is -1.74. The molecule has 0 spiro atoms. The van der Waals surface area contributed by atoms with Gasteiger partial charge in [0.25, 0.3) is 0 Å². The maximum absolute atomic E-state index is 12.8. The Morgan fingerprint density at radius 1 is 1.08 bits per heavy atom. The van der Waals surface area contributed by atoms with Gasteiger partial charge in [-0.2, -0.15) is 4.31 Å². The summed E-state index contributed by atoms with van der Waals surface area (Å²) < 4.78 is 32.4. The Bertz CT molecular complexity index is 883. The van der Waals surface area contributed by atoms with Crippen molar-refractivity contribution in [2.24, 2.45) is 0 Å². The second-order valence-corrected chi connectivity index (χ2v) is 8.34. The Labute approximate surface area is 151 Å². The summed E-state index contributed by atoms with van der Waals surface area (Å²) in [7, 11) is -3.59. The molecule has 4 rings (SSSR count). The van der Waals surface area contributed by atoms with E-state index in [0.717, 1.165) is 24.3 Å². The first-order valence-corrected chi connectivity index (χ1v) is 9.79. The Balaban J connectivity index is 1.57. The molecule has 1 aromatic heterocycles. The molecule has 2 aliphatic heterocycles. The topological polar surface area (TPSA) is 75.6 Å². The number of aromatic nitrogens is 2. The number of anilines is 1. The summed E-state index contributed by atoms with van der Waals surface area (Å²) in [6, 6.07) is 6.19. The molecular formula is C16H17ClN4O3S. The summed E-state index contributed by atoms with van der Waals surface area (Å²) in [6.45, 7) is 3.32. The zero-order chi connectivity index (χ0) is 17.4. The fraction of sp³-hybridized carbons (Fsp3) is 0.375. The SMILES string of the molecule is O=S(=O)(c1ccc(Cl)cc1)N1Cc2cnc(N3CCOCC3)nc2C1. The van der Waals surface area contributed by atoms with Crippen molar-refractivity contribution in [3.8, 4) is 0 Å². The largest absolute Gasteiger partial charge is 0.378 e.